The van der Waals surface area contributed by atoms with Crippen LogP contribution in [0.25, 0.3) is 0 Å². The third kappa shape index (κ3) is 5.72. The normalized spacial score (nSPS) is 23.5. The Labute approximate surface area is 218 Å². The van der Waals surface area contributed by atoms with Crippen LogP contribution in [0, 0.1) is 6.92 Å². The second-order valence-electron chi connectivity index (χ2n) is 10.2. The van der Waals surface area contributed by atoms with Crippen LogP contribution in [0.1, 0.15) is 52.0 Å². The van der Waals surface area contributed by atoms with Crippen molar-refractivity contribution < 1.29 is 19.1 Å². The average Bonchev–Trinajstić information content (AvgIpc) is 3.19. The first kappa shape index (κ1) is 25.5. The van der Waals surface area contributed by atoms with Crippen LogP contribution >= 0.6 is 0 Å². The Balaban J connectivity index is 1.15. The Morgan fingerprint density at radius 3 is 2.51 bits per heavy atom. The number of ether oxygens (including phenoxy) is 2. The van der Waals surface area contributed by atoms with Crippen LogP contribution in [0.2, 0.25) is 0 Å². The molecule has 3 aliphatic heterocycles. The van der Waals surface area contributed by atoms with Gasteiger partial charge in [-0.25, -0.2) is 4.98 Å². The quantitative estimate of drug-likeness (QED) is 0.567. The Hall–Kier alpha value is -3.17. The number of aromatic nitrogens is 1. The first-order valence-corrected chi connectivity index (χ1v) is 13.3. The Kier molecular flexibility index (Phi) is 7.90. The highest BCUT2D eigenvalue weighted by molar-refractivity contribution is 5.96. The summed E-state index contributed by atoms with van der Waals surface area (Å²) < 4.78 is 10.7. The molecule has 9 heteroatoms. The van der Waals surface area contributed by atoms with E-state index in [1.807, 2.05) is 37.3 Å². The van der Waals surface area contributed by atoms with Crippen molar-refractivity contribution in [2.24, 2.45) is 0 Å². The molecule has 3 fully saturated rings. The van der Waals surface area contributed by atoms with Crippen LogP contribution in [0.4, 0.5) is 5.82 Å². The van der Waals surface area contributed by atoms with E-state index in [1.165, 1.54) is 0 Å². The molecule has 4 heterocycles. The zero-order valence-electron chi connectivity index (χ0n) is 21.7. The number of carbonyl (C=O) groups excluding carboxylic acids is 2. The fraction of sp³-hybridized carbons (Fsp3) is 0.536. The van der Waals surface area contributed by atoms with Crippen LogP contribution in [0.5, 0.6) is 5.75 Å². The van der Waals surface area contributed by atoms with E-state index in [4.69, 9.17) is 9.47 Å². The summed E-state index contributed by atoms with van der Waals surface area (Å²) in [6.07, 6.45) is 5.62. The van der Waals surface area contributed by atoms with Crippen molar-refractivity contribution >= 4 is 17.6 Å². The van der Waals surface area contributed by atoms with Gasteiger partial charge in [0.25, 0.3) is 11.8 Å². The Bertz CT molecular complexity index is 1090. The lowest BCUT2D eigenvalue weighted by atomic mass is 9.96. The van der Waals surface area contributed by atoms with E-state index in [2.05, 4.69) is 25.4 Å². The van der Waals surface area contributed by atoms with Gasteiger partial charge in [-0.05, 0) is 56.9 Å². The number of benzene rings is 1. The van der Waals surface area contributed by atoms with Gasteiger partial charge in [-0.2, -0.15) is 0 Å². The van der Waals surface area contributed by atoms with E-state index in [0.29, 0.717) is 29.8 Å². The van der Waals surface area contributed by atoms with Crippen LogP contribution in [0.3, 0.4) is 0 Å². The number of anilines is 1. The van der Waals surface area contributed by atoms with E-state index in [0.717, 1.165) is 75.7 Å². The van der Waals surface area contributed by atoms with Crippen molar-refractivity contribution in [3.63, 3.8) is 0 Å². The van der Waals surface area contributed by atoms with Gasteiger partial charge in [-0.3, -0.25) is 14.5 Å². The van der Waals surface area contributed by atoms with Gasteiger partial charge in [0, 0.05) is 61.6 Å². The van der Waals surface area contributed by atoms with E-state index in [9.17, 15) is 9.59 Å². The number of piperidine rings is 1. The lowest BCUT2D eigenvalue weighted by Crippen LogP contribution is -2.50. The lowest BCUT2D eigenvalue weighted by molar-refractivity contribution is 0.0383. The molecule has 0 radical (unpaired) electrons. The predicted molar refractivity (Wildman–Crippen MR) is 141 cm³/mol. The number of hydrogen-bond donors (Lipinski definition) is 2. The fourth-order valence-electron chi connectivity index (χ4n) is 5.94. The number of amides is 2. The zero-order chi connectivity index (χ0) is 25.8. The molecule has 9 nitrogen and oxygen atoms in total. The van der Waals surface area contributed by atoms with Crippen molar-refractivity contribution in [3.05, 3.63) is 53.2 Å². The SMILES string of the molecule is COc1cccc(C(=O)N[C@H]2C[C@H]3CC[C@@H](C2)N3c2ccc(C(=O)NCCN3CCOCC3)cn2)c1C. The molecule has 37 heavy (non-hydrogen) atoms. The van der Waals surface area contributed by atoms with Crippen molar-refractivity contribution in [2.45, 2.75) is 50.7 Å². The van der Waals surface area contributed by atoms with Crippen molar-refractivity contribution in [1.29, 1.82) is 0 Å². The van der Waals surface area contributed by atoms with E-state index in [1.54, 1.807) is 13.3 Å². The summed E-state index contributed by atoms with van der Waals surface area (Å²) >= 11 is 0. The summed E-state index contributed by atoms with van der Waals surface area (Å²) in [5.74, 6) is 1.49. The molecule has 1 aromatic heterocycles. The number of hydrogen-bond acceptors (Lipinski definition) is 7. The first-order chi connectivity index (χ1) is 18.0. The Morgan fingerprint density at radius 2 is 1.84 bits per heavy atom. The minimum absolute atomic E-state index is 0.0450. The highest BCUT2D eigenvalue weighted by Crippen LogP contribution is 2.38. The highest BCUT2D eigenvalue weighted by Gasteiger charge is 2.42. The summed E-state index contributed by atoms with van der Waals surface area (Å²) in [6, 6.07) is 10.2. The topological polar surface area (TPSA) is 96.0 Å². The first-order valence-electron chi connectivity index (χ1n) is 13.3. The second kappa shape index (κ2) is 11.5. The summed E-state index contributed by atoms with van der Waals surface area (Å²) in [4.78, 5) is 34.9. The predicted octanol–water partition coefficient (Wildman–Crippen LogP) is 2.39. The molecule has 3 saturated heterocycles. The molecule has 0 aliphatic carbocycles. The zero-order valence-corrected chi connectivity index (χ0v) is 21.7. The number of rotatable bonds is 8. The molecule has 5 rings (SSSR count). The molecule has 2 amide bonds. The van der Waals surface area contributed by atoms with Crippen LogP contribution in [0.15, 0.2) is 36.5 Å². The molecule has 2 N–H and O–H groups in total. The second-order valence-corrected chi connectivity index (χ2v) is 10.2. The molecule has 2 bridgehead atoms. The number of nitrogens with zero attached hydrogens (tertiary/aromatic N) is 3. The van der Waals surface area contributed by atoms with Gasteiger partial charge in [0.15, 0.2) is 0 Å². The largest absolute Gasteiger partial charge is 0.496 e. The van der Waals surface area contributed by atoms with E-state index >= 15 is 0 Å². The molecule has 2 aromatic rings. The summed E-state index contributed by atoms with van der Waals surface area (Å²) in [7, 11) is 1.62. The smallest absolute Gasteiger partial charge is 0.252 e. The summed E-state index contributed by atoms with van der Waals surface area (Å²) in [6.45, 7) is 6.69. The monoisotopic (exact) mass is 507 g/mol. The number of pyridine rings is 1. The standard InChI is InChI=1S/C28H37N5O4/c1-19-24(4-3-5-25(19)36-2)28(35)31-21-16-22-7-8-23(17-21)33(22)26-9-6-20(18-30-26)27(34)29-10-11-32-12-14-37-15-13-32/h3-6,9,18,21-23H,7-8,10-17H2,1-2H3,(H,29,34)(H,31,35)/t21-,22+,23-. The molecule has 1 aromatic carbocycles. The molecule has 0 saturated carbocycles. The summed E-state index contributed by atoms with van der Waals surface area (Å²) in [5, 5.41) is 6.26. The number of morpholine rings is 1. The van der Waals surface area contributed by atoms with Gasteiger partial charge in [0.05, 0.1) is 25.9 Å². The van der Waals surface area contributed by atoms with Crippen LogP contribution in [-0.2, 0) is 4.74 Å². The van der Waals surface area contributed by atoms with Gasteiger partial charge in [0.2, 0.25) is 0 Å². The van der Waals surface area contributed by atoms with Gasteiger partial charge in [-0.15, -0.1) is 0 Å². The van der Waals surface area contributed by atoms with Crippen LogP contribution < -0.4 is 20.3 Å². The molecule has 3 atom stereocenters. The third-order valence-electron chi connectivity index (χ3n) is 7.91. The number of fused-ring (bicyclic) bond motifs is 2. The number of carbonyl (C=O) groups is 2. The minimum atomic E-state index is -0.0930. The Morgan fingerprint density at radius 1 is 1.08 bits per heavy atom. The minimum Gasteiger partial charge on any atom is -0.496 e. The average molecular weight is 508 g/mol. The molecule has 3 aliphatic rings. The maximum Gasteiger partial charge on any atom is 0.252 e. The maximum absolute atomic E-state index is 13.0. The molecular weight excluding hydrogens is 470 g/mol. The van der Waals surface area contributed by atoms with Gasteiger partial charge in [-0.1, -0.05) is 6.07 Å². The molecule has 198 valence electrons. The number of nitrogens with one attached hydrogen (secondary N) is 2. The number of methoxy groups -OCH3 is 1. The lowest BCUT2D eigenvalue weighted by Gasteiger charge is -2.40. The maximum atomic E-state index is 13.0. The van der Waals surface area contributed by atoms with Crippen molar-refractivity contribution in [1.82, 2.24) is 20.5 Å². The van der Waals surface area contributed by atoms with Gasteiger partial charge in [0.1, 0.15) is 11.6 Å². The van der Waals surface area contributed by atoms with Crippen LogP contribution in [-0.4, -0.2) is 86.3 Å². The fourth-order valence-corrected chi connectivity index (χ4v) is 5.94. The van der Waals surface area contributed by atoms with Gasteiger partial charge >= 0.3 is 0 Å². The molecular formula is C28H37N5O4. The van der Waals surface area contributed by atoms with Gasteiger partial charge < -0.3 is 25.0 Å². The third-order valence-corrected chi connectivity index (χ3v) is 7.91. The summed E-state index contributed by atoms with van der Waals surface area (Å²) in [5.41, 5.74) is 2.10. The molecule has 0 spiro atoms. The van der Waals surface area contributed by atoms with Crippen molar-refractivity contribution in [3.8, 4) is 5.75 Å². The van der Waals surface area contributed by atoms with E-state index < -0.39 is 0 Å². The van der Waals surface area contributed by atoms with E-state index in [-0.39, 0.29) is 17.9 Å². The molecule has 0 unspecified atom stereocenters. The highest BCUT2D eigenvalue weighted by atomic mass is 16.5. The van der Waals surface area contributed by atoms with Crippen molar-refractivity contribution in [2.75, 3.05) is 51.4 Å².